The smallest absolute Gasteiger partial charge is 0.194 e. The van der Waals surface area contributed by atoms with Crippen LogP contribution in [0, 0.1) is 5.92 Å². The highest BCUT2D eigenvalue weighted by Gasteiger charge is 2.23. The monoisotopic (exact) mass is 236 g/mol. The van der Waals surface area contributed by atoms with Gasteiger partial charge in [-0.1, -0.05) is 0 Å². The fourth-order valence-electron chi connectivity index (χ4n) is 2.70. The van der Waals surface area contributed by atoms with E-state index in [9.17, 15) is 0 Å². The molecular weight excluding hydrogens is 216 g/mol. The molecule has 0 spiro atoms. The first kappa shape index (κ1) is 11.2. The molecule has 0 amide bonds. The van der Waals surface area contributed by atoms with Crippen LogP contribution in [0.25, 0.3) is 0 Å². The first-order chi connectivity index (χ1) is 8.42. The number of piperidine rings is 1. The molecule has 4 nitrogen and oxygen atoms in total. The van der Waals surface area contributed by atoms with Crippen LogP contribution >= 0.6 is 0 Å². The SMILES string of the molecule is c1nc(CC2CCNCC2)oc1C1CCOC1. The average Bonchev–Trinajstić information content (AvgIpc) is 3.00. The van der Waals surface area contributed by atoms with Gasteiger partial charge in [-0.15, -0.1) is 0 Å². The van der Waals surface area contributed by atoms with E-state index in [-0.39, 0.29) is 0 Å². The summed E-state index contributed by atoms with van der Waals surface area (Å²) < 4.78 is 11.2. The molecule has 1 N–H and O–H groups in total. The zero-order valence-corrected chi connectivity index (χ0v) is 10.2. The number of aromatic nitrogens is 1. The fraction of sp³-hybridized carbons (Fsp3) is 0.769. The maximum Gasteiger partial charge on any atom is 0.194 e. The van der Waals surface area contributed by atoms with Crippen molar-refractivity contribution >= 4 is 0 Å². The minimum Gasteiger partial charge on any atom is -0.445 e. The van der Waals surface area contributed by atoms with Crippen molar-refractivity contribution in [1.82, 2.24) is 10.3 Å². The molecule has 3 heterocycles. The molecule has 94 valence electrons. The number of nitrogens with zero attached hydrogens (tertiary/aromatic N) is 1. The van der Waals surface area contributed by atoms with Gasteiger partial charge in [0, 0.05) is 18.9 Å². The quantitative estimate of drug-likeness (QED) is 0.868. The first-order valence-corrected chi connectivity index (χ1v) is 6.65. The van der Waals surface area contributed by atoms with Crippen LogP contribution in [0.4, 0.5) is 0 Å². The molecule has 0 aromatic carbocycles. The van der Waals surface area contributed by atoms with Crippen LogP contribution < -0.4 is 5.32 Å². The van der Waals surface area contributed by atoms with Crippen LogP contribution in [0.3, 0.4) is 0 Å². The Kier molecular flexibility index (Phi) is 3.43. The summed E-state index contributed by atoms with van der Waals surface area (Å²) >= 11 is 0. The maximum atomic E-state index is 5.86. The molecule has 1 aromatic rings. The van der Waals surface area contributed by atoms with Crippen molar-refractivity contribution in [2.45, 2.75) is 31.6 Å². The molecule has 0 bridgehead atoms. The third-order valence-electron chi connectivity index (χ3n) is 3.83. The Labute approximate surface area is 102 Å². The predicted molar refractivity (Wildman–Crippen MR) is 64.0 cm³/mol. The lowest BCUT2D eigenvalue weighted by molar-refractivity contribution is 0.191. The van der Waals surface area contributed by atoms with Crippen LogP contribution in [-0.4, -0.2) is 31.3 Å². The van der Waals surface area contributed by atoms with Crippen molar-refractivity contribution < 1.29 is 9.15 Å². The highest BCUT2D eigenvalue weighted by molar-refractivity contribution is 5.04. The summed E-state index contributed by atoms with van der Waals surface area (Å²) in [5.41, 5.74) is 0. The van der Waals surface area contributed by atoms with E-state index in [1.54, 1.807) is 0 Å². The number of nitrogens with one attached hydrogen (secondary N) is 1. The van der Waals surface area contributed by atoms with Gasteiger partial charge in [0.05, 0.1) is 12.8 Å². The van der Waals surface area contributed by atoms with E-state index in [4.69, 9.17) is 9.15 Å². The normalized spacial score (nSPS) is 26.5. The van der Waals surface area contributed by atoms with Crippen LogP contribution in [0.15, 0.2) is 10.6 Å². The second-order valence-corrected chi connectivity index (χ2v) is 5.11. The molecule has 17 heavy (non-hydrogen) atoms. The third kappa shape index (κ3) is 2.69. The van der Waals surface area contributed by atoms with Gasteiger partial charge in [-0.2, -0.15) is 0 Å². The summed E-state index contributed by atoms with van der Waals surface area (Å²) in [5, 5.41) is 3.38. The molecule has 1 aromatic heterocycles. The Morgan fingerprint density at radius 2 is 2.18 bits per heavy atom. The standard InChI is InChI=1S/C13H20N2O2/c1-4-14-5-2-10(1)7-13-15-8-12(17-13)11-3-6-16-9-11/h8,10-11,14H,1-7,9H2. The highest BCUT2D eigenvalue weighted by atomic mass is 16.5. The summed E-state index contributed by atoms with van der Waals surface area (Å²) in [6, 6.07) is 0. The molecular formula is C13H20N2O2. The van der Waals surface area contributed by atoms with Gasteiger partial charge in [0.1, 0.15) is 5.76 Å². The van der Waals surface area contributed by atoms with Gasteiger partial charge in [-0.05, 0) is 38.3 Å². The van der Waals surface area contributed by atoms with E-state index in [0.29, 0.717) is 5.92 Å². The van der Waals surface area contributed by atoms with Crippen molar-refractivity contribution in [3.05, 3.63) is 17.8 Å². The summed E-state index contributed by atoms with van der Waals surface area (Å²) in [5.74, 6) is 3.11. The number of rotatable bonds is 3. The molecule has 1 atom stereocenters. The Balaban J connectivity index is 1.59. The van der Waals surface area contributed by atoms with E-state index in [2.05, 4.69) is 10.3 Å². The lowest BCUT2D eigenvalue weighted by Crippen LogP contribution is -2.28. The molecule has 2 aliphatic heterocycles. The van der Waals surface area contributed by atoms with Crippen LogP contribution in [0.2, 0.25) is 0 Å². The van der Waals surface area contributed by atoms with Crippen molar-refractivity contribution in [3.8, 4) is 0 Å². The number of hydrogen-bond donors (Lipinski definition) is 1. The van der Waals surface area contributed by atoms with Gasteiger partial charge < -0.3 is 14.5 Å². The Hall–Kier alpha value is -0.870. The third-order valence-corrected chi connectivity index (χ3v) is 3.83. The van der Waals surface area contributed by atoms with E-state index < -0.39 is 0 Å². The van der Waals surface area contributed by atoms with E-state index in [1.165, 1.54) is 12.8 Å². The maximum absolute atomic E-state index is 5.86. The lowest BCUT2D eigenvalue weighted by atomic mass is 9.95. The van der Waals surface area contributed by atoms with Gasteiger partial charge in [-0.3, -0.25) is 0 Å². The molecule has 4 heteroatoms. The van der Waals surface area contributed by atoms with Crippen LogP contribution in [-0.2, 0) is 11.2 Å². The number of hydrogen-bond acceptors (Lipinski definition) is 4. The van der Waals surface area contributed by atoms with Gasteiger partial charge in [0.25, 0.3) is 0 Å². The first-order valence-electron chi connectivity index (χ1n) is 6.65. The van der Waals surface area contributed by atoms with Crippen molar-refractivity contribution in [1.29, 1.82) is 0 Å². The number of oxazole rings is 1. The Morgan fingerprint density at radius 3 is 2.94 bits per heavy atom. The van der Waals surface area contributed by atoms with Gasteiger partial charge in [-0.25, -0.2) is 4.98 Å². The van der Waals surface area contributed by atoms with Gasteiger partial charge >= 0.3 is 0 Å². The highest BCUT2D eigenvalue weighted by Crippen LogP contribution is 2.27. The van der Waals surface area contributed by atoms with E-state index >= 15 is 0 Å². The molecule has 2 saturated heterocycles. The van der Waals surface area contributed by atoms with E-state index in [0.717, 1.165) is 56.7 Å². The molecule has 0 aliphatic carbocycles. The van der Waals surface area contributed by atoms with Crippen LogP contribution in [0.5, 0.6) is 0 Å². The summed E-state index contributed by atoms with van der Waals surface area (Å²) in [4.78, 5) is 4.41. The van der Waals surface area contributed by atoms with Gasteiger partial charge in [0.15, 0.2) is 5.89 Å². The summed E-state index contributed by atoms with van der Waals surface area (Å²) in [6.07, 6.45) is 6.45. The van der Waals surface area contributed by atoms with Crippen molar-refractivity contribution in [3.63, 3.8) is 0 Å². The second kappa shape index (κ2) is 5.19. The van der Waals surface area contributed by atoms with Crippen LogP contribution in [0.1, 0.15) is 36.8 Å². The topological polar surface area (TPSA) is 47.3 Å². The number of ether oxygens (including phenoxy) is 1. The molecule has 2 aliphatic rings. The minimum atomic E-state index is 0.435. The fourth-order valence-corrected chi connectivity index (χ4v) is 2.70. The molecule has 3 rings (SSSR count). The summed E-state index contributed by atoms with van der Waals surface area (Å²) in [7, 11) is 0. The Morgan fingerprint density at radius 1 is 1.29 bits per heavy atom. The van der Waals surface area contributed by atoms with Crippen molar-refractivity contribution in [2.24, 2.45) is 5.92 Å². The predicted octanol–water partition coefficient (Wildman–Crippen LogP) is 1.72. The second-order valence-electron chi connectivity index (χ2n) is 5.11. The van der Waals surface area contributed by atoms with E-state index in [1.807, 2.05) is 6.20 Å². The molecule has 2 fully saturated rings. The van der Waals surface area contributed by atoms with Gasteiger partial charge in [0.2, 0.25) is 0 Å². The zero-order valence-electron chi connectivity index (χ0n) is 10.2. The zero-order chi connectivity index (χ0) is 11.5. The van der Waals surface area contributed by atoms with Crippen molar-refractivity contribution in [2.75, 3.05) is 26.3 Å². The lowest BCUT2D eigenvalue weighted by Gasteiger charge is -2.20. The molecule has 0 radical (unpaired) electrons. The largest absolute Gasteiger partial charge is 0.445 e. The Bertz CT molecular complexity index is 352. The summed E-state index contributed by atoms with van der Waals surface area (Å²) in [6.45, 7) is 3.92. The molecule has 1 unspecified atom stereocenters. The average molecular weight is 236 g/mol. The molecule has 0 saturated carbocycles. The minimum absolute atomic E-state index is 0.435.